The summed E-state index contributed by atoms with van der Waals surface area (Å²) in [5.41, 5.74) is -0.334. The first kappa shape index (κ1) is 27.5. The van der Waals surface area contributed by atoms with Gasteiger partial charge in [-0.2, -0.15) is 0 Å². The van der Waals surface area contributed by atoms with Gasteiger partial charge in [-0.3, -0.25) is 9.36 Å². The number of carbonyl (C=O) groups excluding carboxylic acids is 1. The summed E-state index contributed by atoms with van der Waals surface area (Å²) in [5.74, 6) is -0.676. The molecule has 4 rings (SSSR count). The third-order valence-corrected chi connectivity index (χ3v) is 7.67. The Morgan fingerprint density at radius 2 is 1.86 bits per heavy atom. The van der Waals surface area contributed by atoms with Gasteiger partial charge < -0.3 is 15.7 Å². The van der Waals surface area contributed by atoms with Gasteiger partial charge in [0.05, 0.1) is 26.9 Å². The van der Waals surface area contributed by atoms with Crippen LogP contribution in [0.1, 0.15) is 0 Å². The minimum Gasteiger partial charge on any atom is -0.845 e. The number of hydrogen-bond donors (Lipinski definition) is 3. The van der Waals surface area contributed by atoms with E-state index in [9.17, 15) is 27.5 Å². The van der Waals surface area contributed by atoms with Gasteiger partial charge in [0.1, 0.15) is 10.0 Å². The Bertz CT molecular complexity index is 1590. The molecule has 0 aliphatic rings. The Morgan fingerprint density at radius 1 is 1.17 bits per heavy atom. The summed E-state index contributed by atoms with van der Waals surface area (Å²) >= 11 is 6.52. The van der Waals surface area contributed by atoms with Crippen LogP contribution >= 0.6 is 22.9 Å². The zero-order chi connectivity index (χ0) is 24.6. The molecule has 2 heterocycles. The van der Waals surface area contributed by atoms with Crippen LogP contribution in [-0.2, 0) is 10.0 Å². The monoisotopic (exact) mass is 561 g/mol. The van der Waals surface area contributed by atoms with Crippen molar-refractivity contribution in [2.24, 2.45) is 0 Å². The Labute approximate surface area is 249 Å². The number of amides is 2. The van der Waals surface area contributed by atoms with Gasteiger partial charge in [-0.25, -0.2) is 27.3 Å². The number of nitrogens with zero attached hydrogens (tertiary/aromatic N) is 2. The van der Waals surface area contributed by atoms with Crippen LogP contribution in [0, 0.1) is 5.82 Å². The maximum absolute atomic E-state index is 14.1. The number of halogens is 2. The van der Waals surface area contributed by atoms with Crippen LogP contribution < -0.4 is 77.4 Å². The van der Waals surface area contributed by atoms with Gasteiger partial charge in [0.15, 0.2) is 0 Å². The van der Waals surface area contributed by atoms with E-state index in [1.54, 1.807) is 0 Å². The molecule has 15 heteroatoms. The number of hydrogen-bond acceptors (Lipinski definition) is 8. The van der Waals surface area contributed by atoms with Crippen molar-refractivity contribution in [3.63, 3.8) is 0 Å². The number of anilines is 2. The predicted molar refractivity (Wildman–Crippen MR) is 125 cm³/mol. The molecule has 10 nitrogen and oxygen atoms in total. The fraction of sp³-hybridized carbons (Fsp3) is 0.0500. The number of fused-ring (bicyclic) bond motifs is 1. The number of aromatic nitrogens is 2. The smallest absolute Gasteiger partial charge is 0.845 e. The van der Waals surface area contributed by atoms with Gasteiger partial charge in [-0.1, -0.05) is 11.6 Å². The van der Waals surface area contributed by atoms with Crippen molar-refractivity contribution in [2.75, 3.05) is 17.7 Å². The summed E-state index contributed by atoms with van der Waals surface area (Å²) in [6.45, 7) is 0. The van der Waals surface area contributed by atoms with Crippen molar-refractivity contribution >= 4 is 61.3 Å². The van der Waals surface area contributed by atoms with E-state index in [0.29, 0.717) is 0 Å². The summed E-state index contributed by atoms with van der Waals surface area (Å²) in [5, 5.41) is 17.3. The third kappa shape index (κ3) is 5.86. The first-order chi connectivity index (χ1) is 16.1. The van der Waals surface area contributed by atoms with Gasteiger partial charge in [0.25, 0.3) is 15.6 Å². The van der Waals surface area contributed by atoms with E-state index in [4.69, 9.17) is 11.6 Å². The molecule has 176 valence electrons. The van der Waals surface area contributed by atoms with E-state index < -0.39 is 33.4 Å². The van der Waals surface area contributed by atoms with Crippen molar-refractivity contribution in [1.29, 1.82) is 0 Å². The van der Waals surface area contributed by atoms with Crippen molar-refractivity contribution in [3.8, 4) is 11.7 Å². The number of rotatable bonds is 5. The molecular weight excluding hydrogens is 548 g/mol. The third-order valence-electron chi connectivity index (χ3n) is 4.62. The van der Waals surface area contributed by atoms with Gasteiger partial charge in [0.2, 0.25) is 0 Å². The number of nitrogens with one attached hydrogen (secondary N) is 3. The quantitative estimate of drug-likeness (QED) is 0.288. The molecule has 2 amide bonds. The summed E-state index contributed by atoms with van der Waals surface area (Å²) in [7, 11) is -2.62. The summed E-state index contributed by atoms with van der Waals surface area (Å²) in [6.07, 6.45) is 0. The predicted octanol–water partition coefficient (Wildman–Crippen LogP) is -0.131. The van der Waals surface area contributed by atoms with Crippen molar-refractivity contribution in [3.05, 3.63) is 69.0 Å². The molecule has 2 aromatic carbocycles. The van der Waals surface area contributed by atoms with Crippen molar-refractivity contribution < 1.29 is 74.1 Å². The molecule has 0 saturated carbocycles. The van der Waals surface area contributed by atoms with E-state index in [1.165, 1.54) is 49.5 Å². The summed E-state index contributed by atoms with van der Waals surface area (Å²) in [6, 6.07) is 8.41. The van der Waals surface area contributed by atoms with E-state index in [2.05, 4.69) is 15.6 Å². The molecule has 0 radical (unpaired) electrons. The van der Waals surface area contributed by atoms with Gasteiger partial charge in [-0.05, 0) is 48.5 Å². The van der Waals surface area contributed by atoms with Gasteiger partial charge in [0, 0.05) is 18.4 Å². The fourth-order valence-electron chi connectivity index (χ4n) is 3.07. The normalized spacial score (nSPS) is 11.1. The molecule has 0 aliphatic carbocycles. The Morgan fingerprint density at radius 3 is 2.46 bits per heavy atom. The SMILES string of the molecule is CNc1cc2nc([O-])n(-c3ccc(NC(=O)NS(=O)(=O)c4ccc(Cl)s4)cc3)c(=O)c2cc1F.[K+]. The first-order valence-corrected chi connectivity index (χ1v) is 12.1. The van der Waals surface area contributed by atoms with E-state index in [1.807, 2.05) is 4.72 Å². The minimum atomic E-state index is -4.11. The molecular formula is C20H14ClFKN5O5S2. The topological polar surface area (TPSA) is 145 Å². The second-order valence-corrected chi connectivity index (χ2v) is 10.4. The van der Waals surface area contributed by atoms with Crippen molar-refractivity contribution in [2.45, 2.75) is 4.21 Å². The Kier molecular flexibility index (Phi) is 8.59. The zero-order valence-corrected chi connectivity index (χ0v) is 23.6. The van der Waals surface area contributed by atoms with Gasteiger partial charge in [-0.15, -0.1) is 11.3 Å². The van der Waals surface area contributed by atoms with Crippen LogP contribution in [0.15, 0.2) is 57.5 Å². The first-order valence-electron chi connectivity index (χ1n) is 9.39. The second-order valence-electron chi connectivity index (χ2n) is 6.80. The van der Waals surface area contributed by atoms with Crippen molar-refractivity contribution in [1.82, 2.24) is 14.3 Å². The van der Waals surface area contributed by atoms with Crippen LogP contribution in [0.3, 0.4) is 0 Å². The standard InChI is InChI=1S/C20H15ClFN5O5S2.K/c1-23-15-9-14-12(8-13(15)22)18(28)27(20(30)25-14)11-4-2-10(3-5-11)24-19(29)26-34(31,32)17-7-6-16(21)33-17;/h2-9,23H,1H3,(H,25,30)(H2,24,26,29);/q;+1/p-1. The number of carbonyl (C=O) groups is 1. The zero-order valence-electron chi connectivity index (χ0n) is 18.1. The summed E-state index contributed by atoms with van der Waals surface area (Å²) < 4.78 is 41.3. The average Bonchev–Trinajstić information content (AvgIpc) is 3.22. The number of urea groups is 1. The Hall–Kier alpha value is -2.04. The second kappa shape index (κ2) is 10.9. The molecule has 35 heavy (non-hydrogen) atoms. The van der Waals surface area contributed by atoms with Crippen LogP contribution in [0.5, 0.6) is 6.01 Å². The fourth-order valence-corrected chi connectivity index (χ4v) is 5.46. The van der Waals surface area contributed by atoms with Crippen LogP contribution in [0.4, 0.5) is 20.6 Å². The van der Waals surface area contributed by atoms with Gasteiger partial charge >= 0.3 is 57.4 Å². The minimum absolute atomic E-state index is 0. The molecule has 0 saturated heterocycles. The van der Waals surface area contributed by atoms with Crippen LogP contribution in [-0.4, -0.2) is 31.0 Å². The number of sulfonamides is 1. The molecule has 0 spiro atoms. The van der Waals surface area contributed by atoms with E-state index >= 15 is 0 Å². The molecule has 4 aromatic rings. The molecule has 0 unspecified atom stereocenters. The molecule has 0 atom stereocenters. The number of benzene rings is 2. The largest absolute Gasteiger partial charge is 1.00 e. The Balaban J connectivity index is 0.00000342. The average molecular weight is 562 g/mol. The summed E-state index contributed by atoms with van der Waals surface area (Å²) in [4.78, 5) is 28.8. The maximum Gasteiger partial charge on any atom is 1.00 e. The maximum atomic E-state index is 14.1. The van der Waals surface area contributed by atoms with E-state index in [-0.39, 0.29) is 87.9 Å². The molecule has 2 aromatic heterocycles. The molecule has 0 bridgehead atoms. The van der Waals surface area contributed by atoms with E-state index in [0.717, 1.165) is 22.0 Å². The molecule has 3 N–H and O–H groups in total. The van der Waals surface area contributed by atoms with Crippen LogP contribution in [0.25, 0.3) is 16.6 Å². The molecule has 0 fully saturated rings. The molecule has 0 aliphatic heterocycles. The number of thiophene rings is 1. The van der Waals surface area contributed by atoms with Crippen LogP contribution in [0.2, 0.25) is 4.34 Å².